The molecule has 0 aliphatic rings. The number of pyridine rings is 1. The number of nitrogens with zero attached hydrogens (tertiary/aromatic N) is 5. The number of rotatable bonds is 8. The van der Waals surface area contributed by atoms with Crippen LogP contribution in [0.3, 0.4) is 0 Å². The quantitative estimate of drug-likeness (QED) is 0.225. The van der Waals surface area contributed by atoms with Crippen LogP contribution >= 0.6 is 11.3 Å². The van der Waals surface area contributed by atoms with E-state index in [2.05, 4.69) is 10.1 Å². The molecule has 9 nitrogen and oxygen atoms in total. The molecule has 6 aromatic rings. The molecule has 4 aromatic heterocycles. The smallest absolute Gasteiger partial charge is 0.335 e. The third-order valence-corrected chi connectivity index (χ3v) is 7.25. The van der Waals surface area contributed by atoms with Crippen LogP contribution in [0, 0.1) is 11.6 Å². The minimum absolute atomic E-state index is 0.0667. The minimum Gasteiger partial charge on any atom is -0.452 e. The van der Waals surface area contributed by atoms with E-state index in [1.165, 1.54) is 52.4 Å². The number of ether oxygens (including phenoxy) is 1. The van der Waals surface area contributed by atoms with Crippen molar-refractivity contribution in [1.29, 1.82) is 0 Å². The number of benzene rings is 2. The van der Waals surface area contributed by atoms with Crippen LogP contribution in [0.1, 0.15) is 22.8 Å². The zero-order chi connectivity index (χ0) is 29.4. The highest BCUT2D eigenvalue weighted by atomic mass is 32.1. The van der Waals surface area contributed by atoms with E-state index < -0.39 is 28.7 Å². The number of thiazole rings is 1. The number of ketones is 1. The van der Waals surface area contributed by atoms with Crippen molar-refractivity contribution in [2.75, 3.05) is 0 Å². The average Bonchev–Trinajstić information content (AvgIpc) is 3.68. The summed E-state index contributed by atoms with van der Waals surface area (Å²) in [5.74, 6) is -1.56. The molecular formula is C30H21F2N5O4S. The maximum absolute atomic E-state index is 15.2. The number of carbonyl (C=O) groups excluding carboxylic acids is 1. The Bertz CT molecular complexity index is 2070. The molecule has 0 aliphatic heterocycles. The molecule has 210 valence electrons. The first-order valence-corrected chi connectivity index (χ1v) is 13.7. The Hall–Kier alpha value is -5.23. The molecule has 0 unspecified atom stereocenters. The van der Waals surface area contributed by atoms with Gasteiger partial charge in [0.2, 0.25) is 0 Å². The molecule has 0 amide bonds. The van der Waals surface area contributed by atoms with Crippen molar-refractivity contribution in [3.05, 3.63) is 128 Å². The van der Waals surface area contributed by atoms with E-state index in [1.807, 2.05) is 5.38 Å². The van der Waals surface area contributed by atoms with Crippen LogP contribution in [0.5, 0.6) is 11.5 Å². The summed E-state index contributed by atoms with van der Waals surface area (Å²) in [5.41, 5.74) is 2.47. The normalized spacial score (nSPS) is 11.2. The highest BCUT2D eigenvalue weighted by molar-refractivity contribution is 7.07. The van der Waals surface area contributed by atoms with Gasteiger partial charge in [-0.3, -0.25) is 14.2 Å². The summed E-state index contributed by atoms with van der Waals surface area (Å²) in [4.78, 5) is 43.7. The van der Waals surface area contributed by atoms with Crippen LogP contribution in [0.4, 0.5) is 8.78 Å². The van der Waals surface area contributed by atoms with E-state index in [9.17, 15) is 18.8 Å². The van der Waals surface area contributed by atoms with Gasteiger partial charge in [0.05, 0.1) is 23.1 Å². The topological polar surface area (TPSA) is 100 Å². The second-order valence-electron chi connectivity index (χ2n) is 9.32. The Balaban J connectivity index is 1.29. The minimum atomic E-state index is -0.841. The van der Waals surface area contributed by atoms with Crippen molar-refractivity contribution in [3.63, 3.8) is 0 Å². The van der Waals surface area contributed by atoms with Crippen LogP contribution in [-0.4, -0.2) is 29.5 Å². The van der Waals surface area contributed by atoms with E-state index in [-0.39, 0.29) is 30.0 Å². The van der Waals surface area contributed by atoms with Gasteiger partial charge in [-0.15, -0.1) is 11.3 Å². The molecule has 4 heterocycles. The van der Waals surface area contributed by atoms with Crippen LogP contribution in [-0.2, 0) is 13.0 Å². The Morgan fingerprint density at radius 2 is 1.81 bits per heavy atom. The van der Waals surface area contributed by atoms with Gasteiger partial charge in [0, 0.05) is 36.3 Å². The van der Waals surface area contributed by atoms with Gasteiger partial charge >= 0.3 is 5.69 Å². The molecule has 12 heteroatoms. The van der Waals surface area contributed by atoms with Gasteiger partial charge in [-0.2, -0.15) is 5.10 Å². The highest BCUT2D eigenvalue weighted by Gasteiger charge is 2.20. The van der Waals surface area contributed by atoms with Crippen LogP contribution in [0.2, 0.25) is 0 Å². The van der Waals surface area contributed by atoms with Crippen LogP contribution < -0.4 is 16.0 Å². The Morgan fingerprint density at radius 3 is 2.52 bits per heavy atom. The van der Waals surface area contributed by atoms with Crippen LogP contribution in [0.25, 0.3) is 22.5 Å². The first-order chi connectivity index (χ1) is 20.3. The zero-order valence-electron chi connectivity index (χ0n) is 22.0. The summed E-state index contributed by atoms with van der Waals surface area (Å²) in [6, 6.07) is 12.4. The standard InChI is InChI=1S/C30H21F2N5O4S/c1-2-35-15-22(29(39)37(30(35)40)21-6-4-20(31)5-7-21)26(38)12-18-3-8-27(23(32)11-18)41-28-13-19(24-16-42-17-33-24)14-36-25(28)9-10-34-36/h3-11,13-17H,2,12H2,1H3. The lowest BCUT2D eigenvalue weighted by Gasteiger charge is -2.12. The van der Waals surface area contributed by atoms with Crippen molar-refractivity contribution < 1.29 is 18.3 Å². The summed E-state index contributed by atoms with van der Waals surface area (Å²) in [6.45, 7) is 1.88. The predicted molar refractivity (Wildman–Crippen MR) is 153 cm³/mol. The van der Waals surface area contributed by atoms with Crippen LogP contribution in [0.15, 0.2) is 93.7 Å². The molecule has 0 bridgehead atoms. The lowest BCUT2D eigenvalue weighted by molar-refractivity contribution is 0.0990. The van der Waals surface area contributed by atoms with Gasteiger partial charge in [0.25, 0.3) is 5.56 Å². The van der Waals surface area contributed by atoms with Crippen molar-refractivity contribution in [2.45, 2.75) is 19.9 Å². The molecule has 0 aliphatic carbocycles. The van der Waals surface area contributed by atoms with Gasteiger partial charge < -0.3 is 4.74 Å². The lowest BCUT2D eigenvalue weighted by Crippen LogP contribution is -2.41. The fourth-order valence-electron chi connectivity index (χ4n) is 4.55. The molecule has 42 heavy (non-hydrogen) atoms. The van der Waals surface area contributed by atoms with Crippen molar-refractivity contribution in [2.24, 2.45) is 0 Å². The maximum atomic E-state index is 15.2. The van der Waals surface area contributed by atoms with Crippen molar-refractivity contribution in [3.8, 4) is 28.4 Å². The number of hydrogen-bond acceptors (Lipinski definition) is 7. The number of fused-ring (bicyclic) bond motifs is 1. The number of aryl methyl sites for hydroxylation is 1. The Morgan fingerprint density at radius 1 is 1.00 bits per heavy atom. The van der Waals surface area contributed by atoms with Crippen molar-refractivity contribution in [1.82, 2.24) is 23.7 Å². The predicted octanol–water partition coefficient (Wildman–Crippen LogP) is 5.29. The van der Waals surface area contributed by atoms with E-state index in [4.69, 9.17) is 4.74 Å². The van der Waals surface area contributed by atoms with E-state index in [1.54, 1.807) is 41.5 Å². The van der Waals surface area contributed by atoms with E-state index in [0.29, 0.717) is 16.8 Å². The lowest BCUT2D eigenvalue weighted by atomic mass is 10.0. The Labute approximate surface area is 240 Å². The number of hydrogen-bond donors (Lipinski definition) is 0. The maximum Gasteiger partial charge on any atom is 0.335 e. The monoisotopic (exact) mass is 585 g/mol. The molecular weight excluding hydrogens is 564 g/mol. The molecule has 6 rings (SSSR count). The summed E-state index contributed by atoms with van der Waals surface area (Å²) in [6.07, 6.45) is 4.30. The van der Waals surface area contributed by atoms with Gasteiger partial charge in [-0.05, 0) is 61.0 Å². The molecule has 2 aromatic carbocycles. The summed E-state index contributed by atoms with van der Waals surface area (Å²) < 4.78 is 38.3. The number of Topliss-reactive ketones (excluding diaryl/α,β-unsaturated/α-hetero) is 1. The van der Waals surface area contributed by atoms with Gasteiger partial charge in [0.15, 0.2) is 23.1 Å². The third-order valence-electron chi connectivity index (χ3n) is 6.66. The number of carbonyl (C=O) groups is 1. The van der Waals surface area contributed by atoms with Crippen molar-refractivity contribution >= 4 is 22.6 Å². The molecule has 0 fully saturated rings. The average molecular weight is 586 g/mol. The molecule has 0 saturated carbocycles. The number of aromatic nitrogens is 5. The molecule has 0 radical (unpaired) electrons. The van der Waals surface area contributed by atoms with E-state index >= 15 is 4.39 Å². The third kappa shape index (κ3) is 5.03. The fraction of sp³-hybridized carbons (Fsp3) is 0.100. The highest BCUT2D eigenvalue weighted by Crippen LogP contribution is 2.32. The largest absolute Gasteiger partial charge is 0.452 e. The molecule has 0 spiro atoms. The second-order valence-corrected chi connectivity index (χ2v) is 10.0. The first-order valence-electron chi connectivity index (χ1n) is 12.8. The molecule has 0 N–H and O–H groups in total. The molecule has 0 atom stereocenters. The molecule has 0 saturated heterocycles. The van der Waals surface area contributed by atoms with Gasteiger partial charge in [-0.25, -0.2) is 27.6 Å². The fourth-order valence-corrected chi connectivity index (χ4v) is 5.11. The van der Waals surface area contributed by atoms with Gasteiger partial charge in [0.1, 0.15) is 16.9 Å². The Kier molecular flexibility index (Phi) is 7.05. The number of halogens is 2. The summed E-state index contributed by atoms with van der Waals surface area (Å²) in [5, 5.41) is 6.14. The SMILES string of the molecule is CCn1cc(C(=O)Cc2ccc(Oc3cc(-c4cscn4)cn4nccc34)c(F)c2)c(=O)n(-c2ccc(F)cc2)c1=O. The first kappa shape index (κ1) is 27.0. The van der Waals surface area contributed by atoms with Gasteiger partial charge in [-0.1, -0.05) is 6.07 Å². The zero-order valence-corrected chi connectivity index (χ0v) is 22.8. The summed E-state index contributed by atoms with van der Waals surface area (Å²) in [7, 11) is 0. The summed E-state index contributed by atoms with van der Waals surface area (Å²) >= 11 is 1.44. The second kappa shape index (κ2) is 11.0. The van der Waals surface area contributed by atoms with E-state index in [0.717, 1.165) is 28.0 Å².